The summed E-state index contributed by atoms with van der Waals surface area (Å²) in [7, 11) is 0. The summed E-state index contributed by atoms with van der Waals surface area (Å²) in [5.41, 5.74) is 0.328. The topological polar surface area (TPSA) is 59.1 Å². The number of benzene rings is 2. The molecule has 0 N–H and O–H groups in total. The molecule has 1 fully saturated rings. The van der Waals surface area contributed by atoms with Crippen LogP contribution in [0.1, 0.15) is 42.1 Å². The molecule has 2 aliphatic rings. The van der Waals surface area contributed by atoms with Gasteiger partial charge in [0.15, 0.2) is 5.60 Å². The van der Waals surface area contributed by atoms with Crippen LogP contribution in [0.2, 0.25) is 5.02 Å². The first-order valence-corrected chi connectivity index (χ1v) is 12.2. The van der Waals surface area contributed by atoms with Gasteiger partial charge in [0.1, 0.15) is 18.2 Å². The van der Waals surface area contributed by atoms with Crippen LogP contribution in [0.25, 0.3) is 0 Å². The Balaban J connectivity index is 1.57. The largest absolute Gasteiger partial charge is 0.491 e. The van der Waals surface area contributed by atoms with Crippen molar-refractivity contribution in [3.8, 4) is 5.75 Å². The molecule has 0 aromatic heterocycles. The van der Waals surface area contributed by atoms with Crippen molar-refractivity contribution in [3.05, 3.63) is 64.4 Å². The van der Waals surface area contributed by atoms with Crippen molar-refractivity contribution in [1.29, 1.82) is 0 Å². The van der Waals surface area contributed by atoms with Crippen LogP contribution in [0.4, 0.5) is 4.39 Å². The average Bonchev–Trinajstić information content (AvgIpc) is 2.85. The summed E-state index contributed by atoms with van der Waals surface area (Å²) in [6.45, 7) is 4.00. The molecule has 8 heteroatoms. The number of aryl methyl sites for hydroxylation is 1. The zero-order valence-electron chi connectivity index (χ0n) is 19.4. The summed E-state index contributed by atoms with van der Waals surface area (Å²) in [5.74, 6) is -0.121. The molecular weight excluding hydrogens is 459 g/mol. The highest BCUT2D eigenvalue weighted by Crippen LogP contribution is 2.30. The lowest BCUT2D eigenvalue weighted by Crippen LogP contribution is -2.62. The third kappa shape index (κ3) is 5.20. The predicted octanol–water partition coefficient (Wildman–Crippen LogP) is 4.34. The van der Waals surface area contributed by atoms with Crippen LogP contribution >= 0.6 is 11.6 Å². The van der Waals surface area contributed by atoms with Gasteiger partial charge in [0.25, 0.3) is 11.8 Å². The molecule has 1 spiro atoms. The molecule has 2 aromatic carbocycles. The van der Waals surface area contributed by atoms with Crippen LogP contribution in [0, 0.1) is 5.82 Å². The lowest BCUT2D eigenvalue weighted by molar-refractivity contribution is -0.170. The fourth-order valence-corrected chi connectivity index (χ4v) is 4.87. The molecule has 34 heavy (non-hydrogen) atoms. The SMILES string of the molecule is CCN1CCOc2ccccc2CCCCC2(CN(C(=O)c3ccc(F)c(Cl)c3)CCO2)C1=O. The van der Waals surface area contributed by atoms with Crippen LogP contribution in [0.15, 0.2) is 42.5 Å². The Morgan fingerprint density at radius 1 is 1.15 bits per heavy atom. The maximum atomic E-state index is 13.8. The van der Waals surface area contributed by atoms with Gasteiger partial charge in [-0.1, -0.05) is 29.8 Å². The Hall–Kier alpha value is -2.64. The Bertz CT molecular complexity index is 1050. The summed E-state index contributed by atoms with van der Waals surface area (Å²) < 4.78 is 25.8. The van der Waals surface area contributed by atoms with Crippen LogP contribution in [-0.4, -0.2) is 66.6 Å². The highest BCUT2D eigenvalue weighted by Gasteiger charge is 2.46. The van der Waals surface area contributed by atoms with E-state index in [-0.39, 0.29) is 30.0 Å². The van der Waals surface area contributed by atoms with E-state index >= 15 is 0 Å². The molecule has 2 aromatic rings. The number of fused-ring (bicyclic) bond motifs is 1. The molecule has 0 bridgehead atoms. The van der Waals surface area contributed by atoms with Crippen LogP contribution in [-0.2, 0) is 16.0 Å². The average molecular weight is 489 g/mol. The van der Waals surface area contributed by atoms with Gasteiger partial charge in [0.2, 0.25) is 0 Å². The zero-order chi connectivity index (χ0) is 24.1. The molecule has 6 nitrogen and oxygen atoms in total. The maximum Gasteiger partial charge on any atom is 0.256 e. The van der Waals surface area contributed by atoms with Gasteiger partial charge in [-0.2, -0.15) is 0 Å². The number of halogens is 2. The fraction of sp³-hybridized carbons (Fsp3) is 0.462. The van der Waals surface area contributed by atoms with Crippen molar-refractivity contribution in [3.63, 3.8) is 0 Å². The minimum absolute atomic E-state index is 0.103. The van der Waals surface area contributed by atoms with Gasteiger partial charge in [0, 0.05) is 18.7 Å². The fourth-order valence-electron chi connectivity index (χ4n) is 4.69. The molecule has 4 rings (SSSR count). The summed E-state index contributed by atoms with van der Waals surface area (Å²) in [5, 5.41) is -0.103. The molecule has 182 valence electrons. The lowest BCUT2D eigenvalue weighted by Gasteiger charge is -2.44. The highest BCUT2D eigenvalue weighted by molar-refractivity contribution is 6.31. The second-order valence-electron chi connectivity index (χ2n) is 8.75. The molecule has 2 aliphatic heterocycles. The Morgan fingerprint density at radius 2 is 1.97 bits per heavy atom. The second kappa shape index (κ2) is 10.7. The number of hydrogen-bond acceptors (Lipinski definition) is 4. The minimum Gasteiger partial charge on any atom is -0.491 e. The van der Waals surface area contributed by atoms with Gasteiger partial charge in [-0.25, -0.2) is 4.39 Å². The van der Waals surface area contributed by atoms with Crippen molar-refractivity contribution in [2.75, 3.05) is 39.4 Å². The van der Waals surface area contributed by atoms with E-state index in [0.29, 0.717) is 38.2 Å². The number of hydrogen-bond donors (Lipinski definition) is 0. The van der Waals surface area contributed by atoms with Gasteiger partial charge in [0.05, 0.1) is 24.7 Å². The molecule has 0 radical (unpaired) electrons. The third-order valence-electron chi connectivity index (χ3n) is 6.57. The van der Waals surface area contributed by atoms with Crippen LogP contribution < -0.4 is 4.74 Å². The molecule has 0 saturated carbocycles. The third-order valence-corrected chi connectivity index (χ3v) is 6.86. The van der Waals surface area contributed by atoms with E-state index in [1.807, 2.05) is 25.1 Å². The van der Waals surface area contributed by atoms with E-state index in [4.69, 9.17) is 21.1 Å². The van der Waals surface area contributed by atoms with E-state index in [0.717, 1.165) is 30.6 Å². The van der Waals surface area contributed by atoms with Crippen molar-refractivity contribution in [2.45, 2.75) is 38.2 Å². The summed E-state index contributed by atoms with van der Waals surface area (Å²) in [6, 6.07) is 11.9. The van der Waals surface area contributed by atoms with E-state index in [9.17, 15) is 14.0 Å². The van der Waals surface area contributed by atoms with Gasteiger partial charge < -0.3 is 19.3 Å². The van der Waals surface area contributed by atoms with Gasteiger partial charge in [-0.3, -0.25) is 9.59 Å². The minimum atomic E-state index is -1.12. The first-order valence-electron chi connectivity index (χ1n) is 11.8. The number of carbonyl (C=O) groups excluding carboxylic acids is 2. The molecule has 1 unspecified atom stereocenters. The number of rotatable bonds is 2. The normalized spacial score (nSPS) is 21.9. The number of para-hydroxylation sites is 1. The number of amides is 2. The van der Waals surface area contributed by atoms with Gasteiger partial charge in [-0.15, -0.1) is 0 Å². The Morgan fingerprint density at radius 3 is 2.76 bits per heavy atom. The second-order valence-corrected chi connectivity index (χ2v) is 9.15. The Labute approximate surface area is 204 Å². The first kappa shape index (κ1) is 24.5. The van der Waals surface area contributed by atoms with Crippen molar-refractivity contribution < 1.29 is 23.5 Å². The highest BCUT2D eigenvalue weighted by atomic mass is 35.5. The number of ether oxygens (including phenoxy) is 2. The van der Waals surface area contributed by atoms with Crippen molar-refractivity contribution in [1.82, 2.24) is 9.80 Å². The van der Waals surface area contributed by atoms with Crippen molar-refractivity contribution in [2.24, 2.45) is 0 Å². The molecule has 2 heterocycles. The molecule has 2 amide bonds. The molecule has 1 saturated heterocycles. The van der Waals surface area contributed by atoms with Gasteiger partial charge >= 0.3 is 0 Å². The first-order chi connectivity index (χ1) is 16.4. The van der Waals surface area contributed by atoms with Crippen molar-refractivity contribution >= 4 is 23.4 Å². The van der Waals surface area contributed by atoms with Crippen LogP contribution in [0.3, 0.4) is 0 Å². The summed E-state index contributed by atoms with van der Waals surface area (Å²) in [6.07, 6.45) is 2.99. The van der Waals surface area contributed by atoms with E-state index in [1.54, 1.807) is 9.80 Å². The monoisotopic (exact) mass is 488 g/mol. The number of likely N-dealkylation sites (N-methyl/N-ethyl adjacent to an activating group) is 1. The smallest absolute Gasteiger partial charge is 0.256 e. The molecular formula is C26H30ClFN2O4. The van der Waals surface area contributed by atoms with E-state index in [2.05, 4.69) is 6.07 Å². The maximum absolute atomic E-state index is 13.8. The number of carbonyl (C=O) groups is 2. The Kier molecular flexibility index (Phi) is 7.73. The standard InChI is InChI=1S/C26H30ClFN2O4/c1-2-29-13-15-33-23-9-4-3-7-19(23)8-5-6-12-26(25(29)32)18-30(14-16-34-26)24(31)20-10-11-22(28)21(27)17-20/h3-4,7,9-11,17H,2,5-6,8,12-16,18H2,1H3. The number of morpholine rings is 1. The zero-order valence-corrected chi connectivity index (χ0v) is 20.2. The summed E-state index contributed by atoms with van der Waals surface area (Å²) in [4.78, 5) is 30.3. The predicted molar refractivity (Wildman–Crippen MR) is 128 cm³/mol. The lowest BCUT2D eigenvalue weighted by atomic mass is 9.90. The molecule has 0 aliphatic carbocycles. The summed E-state index contributed by atoms with van der Waals surface area (Å²) >= 11 is 5.90. The van der Waals surface area contributed by atoms with E-state index in [1.165, 1.54) is 18.2 Å². The quantitative estimate of drug-likeness (QED) is 0.631. The van der Waals surface area contributed by atoms with Gasteiger partial charge in [-0.05, 0) is 62.4 Å². The number of nitrogens with zero attached hydrogens (tertiary/aromatic N) is 2. The van der Waals surface area contributed by atoms with E-state index < -0.39 is 11.4 Å². The molecule has 1 atom stereocenters. The van der Waals surface area contributed by atoms with Crippen LogP contribution in [0.5, 0.6) is 5.75 Å².